The van der Waals surface area contributed by atoms with Crippen LogP contribution in [-0.4, -0.2) is 22.0 Å². The molecule has 3 N–H and O–H groups in total. The van der Waals surface area contributed by atoms with Crippen LogP contribution in [-0.2, 0) is 16.0 Å². The van der Waals surface area contributed by atoms with Crippen molar-refractivity contribution in [1.82, 2.24) is 10.3 Å². The number of carboxylic acid groups (broad SMARTS) is 1. The van der Waals surface area contributed by atoms with Crippen molar-refractivity contribution in [3.8, 4) is 0 Å². The number of amides is 1. The lowest BCUT2D eigenvalue weighted by atomic mass is 10.0. The summed E-state index contributed by atoms with van der Waals surface area (Å²) in [5, 5.41) is 13.0. The molecule has 0 unspecified atom stereocenters. The molecule has 1 aromatic heterocycles. The van der Waals surface area contributed by atoms with Gasteiger partial charge in [0.2, 0.25) is 5.91 Å². The summed E-state index contributed by atoms with van der Waals surface area (Å²) in [7, 11) is 0. The standard InChI is InChI=1S/C20H20N2O3/c1-13-6-8-14(9-7-13)18(11-20(24)25)22-19(23)10-15-12-21-17-5-3-2-4-16(15)17/h2-9,12,18,21H,10-11H2,1H3,(H,22,23)(H,24,25)/t18-/m1/s1. The molecule has 0 aliphatic rings. The molecule has 1 atom stereocenters. The second-order valence-corrected chi connectivity index (χ2v) is 6.16. The number of H-pyrrole nitrogens is 1. The van der Waals surface area contributed by atoms with E-state index in [2.05, 4.69) is 10.3 Å². The average Bonchev–Trinajstić information content (AvgIpc) is 2.98. The third kappa shape index (κ3) is 4.07. The van der Waals surface area contributed by atoms with Gasteiger partial charge in [-0.25, -0.2) is 0 Å². The van der Waals surface area contributed by atoms with E-state index in [4.69, 9.17) is 5.11 Å². The zero-order valence-electron chi connectivity index (χ0n) is 14.0. The van der Waals surface area contributed by atoms with E-state index in [1.807, 2.05) is 61.7 Å². The molecular weight excluding hydrogens is 316 g/mol. The van der Waals surface area contributed by atoms with Crippen molar-refractivity contribution in [2.24, 2.45) is 0 Å². The van der Waals surface area contributed by atoms with Crippen molar-refractivity contribution in [1.29, 1.82) is 0 Å². The predicted octanol–water partition coefficient (Wildman–Crippen LogP) is 3.35. The Labute approximate surface area is 145 Å². The lowest BCUT2D eigenvalue weighted by molar-refractivity contribution is -0.137. The van der Waals surface area contributed by atoms with Gasteiger partial charge in [0.1, 0.15) is 0 Å². The Morgan fingerprint density at radius 2 is 1.84 bits per heavy atom. The number of aromatic nitrogens is 1. The number of aliphatic carboxylic acids is 1. The zero-order valence-corrected chi connectivity index (χ0v) is 14.0. The molecule has 0 radical (unpaired) electrons. The molecule has 5 heteroatoms. The number of rotatable bonds is 6. The molecule has 0 saturated heterocycles. The lowest BCUT2D eigenvalue weighted by Gasteiger charge is -2.17. The SMILES string of the molecule is Cc1ccc([C@@H](CC(=O)O)NC(=O)Cc2c[nH]c3ccccc23)cc1. The van der Waals surface area contributed by atoms with Crippen LogP contribution in [0.2, 0.25) is 0 Å². The number of carbonyl (C=O) groups is 2. The van der Waals surface area contributed by atoms with E-state index < -0.39 is 12.0 Å². The number of carboxylic acids is 1. The van der Waals surface area contributed by atoms with Crippen LogP contribution in [0.1, 0.15) is 29.2 Å². The lowest BCUT2D eigenvalue weighted by Crippen LogP contribution is -2.31. The monoisotopic (exact) mass is 336 g/mol. The fraction of sp³-hybridized carbons (Fsp3) is 0.200. The van der Waals surface area contributed by atoms with Crippen molar-refractivity contribution < 1.29 is 14.7 Å². The Hall–Kier alpha value is -3.08. The van der Waals surface area contributed by atoms with Crippen molar-refractivity contribution in [3.63, 3.8) is 0 Å². The van der Waals surface area contributed by atoms with Crippen LogP contribution in [0, 0.1) is 6.92 Å². The highest BCUT2D eigenvalue weighted by molar-refractivity contribution is 5.89. The third-order valence-electron chi connectivity index (χ3n) is 4.22. The molecule has 0 fully saturated rings. The summed E-state index contributed by atoms with van der Waals surface area (Å²) in [5.74, 6) is -1.14. The van der Waals surface area contributed by atoms with Gasteiger partial charge in [-0.05, 0) is 24.1 Å². The van der Waals surface area contributed by atoms with Crippen molar-refractivity contribution in [3.05, 3.63) is 71.4 Å². The average molecular weight is 336 g/mol. The largest absolute Gasteiger partial charge is 0.481 e. The molecule has 1 heterocycles. The van der Waals surface area contributed by atoms with Gasteiger partial charge >= 0.3 is 5.97 Å². The minimum atomic E-state index is -0.946. The highest BCUT2D eigenvalue weighted by Gasteiger charge is 2.19. The van der Waals surface area contributed by atoms with E-state index in [9.17, 15) is 9.59 Å². The highest BCUT2D eigenvalue weighted by atomic mass is 16.4. The van der Waals surface area contributed by atoms with E-state index in [1.54, 1.807) is 0 Å². The summed E-state index contributed by atoms with van der Waals surface area (Å²) in [5.41, 5.74) is 3.75. The molecular formula is C20H20N2O3. The fourth-order valence-corrected chi connectivity index (χ4v) is 2.92. The van der Waals surface area contributed by atoms with Gasteiger partial charge in [0.25, 0.3) is 0 Å². The second-order valence-electron chi connectivity index (χ2n) is 6.16. The number of para-hydroxylation sites is 1. The van der Waals surface area contributed by atoms with Gasteiger partial charge in [0.05, 0.1) is 18.9 Å². The number of benzene rings is 2. The fourth-order valence-electron chi connectivity index (χ4n) is 2.92. The van der Waals surface area contributed by atoms with Crippen LogP contribution in [0.4, 0.5) is 0 Å². The first-order chi connectivity index (χ1) is 12.0. The van der Waals surface area contributed by atoms with E-state index in [1.165, 1.54) is 0 Å². The van der Waals surface area contributed by atoms with Crippen LogP contribution >= 0.6 is 0 Å². The number of aryl methyl sites for hydroxylation is 1. The van der Waals surface area contributed by atoms with Crippen molar-refractivity contribution >= 4 is 22.8 Å². The predicted molar refractivity (Wildman–Crippen MR) is 96.3 cm³/mol. The number of hydrogen-bond donors (Lipinski definition) is 3. The van der Waals surface area contributed by atoms with Crippen LogP contribution in [0.5, 0.6) is 0 Å². The first-order valence-electron chi connectivity index (χ1n) is 8.15. The van der Waals surface area contributed by atoms with Crippen LogP contribution in [0.15, 0.2) is 54.7 Å². The molecule has 0 spiro atoms. The smallest absolute Gasteiger partial charge is 0.305 e. The van der Waals surface area contributed by atoms with Gasteiger partial charge in [-0.1, -0.05) is 48.0 Å². The minimum Gasteiger partial charge on any atom is -0.481 e. The van der Waals surface area contributed by atoms with Crippen molar-refractivity contribution in [2.45, 2.75) is 25.8 Å². The molecule has 0 aliphatic carbocycles. The third-order valence-corrected chi connectivity index (χ3v) is 4.22. The van der Waals surface area contributed by atoms with E-state index >= 15 is 0 Å². The number of aromatic amines is 1. The summed E-state index contributed by atoms with van der Waals surface area (Å²) >= 11 is 0. The van der Waals surface area contributed by atoms with Crippen LogP contribution < -0.4 is 5.32 Å². The Morgan fingerprint density at radius 1 is 1.12 bits per heavy atom. The van der Waals surface area contributed by atoms with Gasteiger partial charge in [-0.15, -0.1) is 0 Å². The number of nitrogens with one attached hydrogen (secondary N) is 2. The zero-order chi connectivity index (χ0) is 17.8. The summed E-state index contributed by atoms with van der Waals surface area (Å²) < 4.78 is 0. The summed E-state index contributed by atoms with van der Waals surface area (Å²) in [6.07, 6.45) is 1.87. The van der Waals surface area contributed by atoms with Crippen LogP contribution in [0.25, 0.3) is 10.9 Å². The Morgan fingerprint density at radius 3 is 2.56 bits per heavy atom. The highest BCUT2D eigenvalue weighted by Crippen LogP contribution is 2.20. The van der Waals surface area contributed by atoms with Gasteiger partial charge in [0, 0.05) is 17.1 Å². The molecule has 1 amide bonds. The Balaban J connectivity index is 1.75. The van der Waals surface area contributed by atoms with Gasteiger partial charge in [0.15, 0.2) is 0 Å². The maximum atomic E-state index is 12.5. The first kappa shape index (κ1) is 16.8. The van der Waals surface area contributed by atoms with Crippen molar-refractivity contribution in [2.75, 3.05) is 0 Å². The maximum absolute atomic E-state index is 12.5. The molecule has 2 aromatic carbocycles. The summed E-state index contributed by atoms with van der Waals surface area (Å²) in [6, 6.07) is 14.8. The molecule has 0 saturated carbocycles. The summed E-state index contributed by atoms with van der Waals surface area (Å²) in [4.78, 5) is 26.8. The Kier molecular flexibility index (Phi) is 4.84. The first-order valence-corrected chi connectivity index (χ1v) is 8.15. The molecule has 25 heavy (non-hydrogen) atoms. The van der Waals surface area contributed by atoms with Crippen LogP contribution in [0.3, 0.4) is 0 Å². The Bertz CT molecular complexity index is 897. The number of carbonyl (C=O) groups excluding carboxylic acids is 1. The topological polar surface area (TPSA) is 82.2 Å². The number of fused-ring (bicyclic) bond motifs is 1. The van der Waals surface area contributed by atoms with Gasteiger partial charge in [-0.3, -0.25) is 9.59 Å². The molecule has 128 valence electrons. The van der Waals surface area contributed by atoms with E-state index in [0.29, 0.717) is 0 Å². The normalized spacial score (nSPS) is 12.0. The van der Waals surface area contributed by atoms with Gasteiger partial charge < -0.3 is 15.4 Å². The molecule has 0 bridgehead atoms. The minimum absolute atomic E-state index is 0.150. The van der Waals surface area contributed by atoms with E-state index in [0.717, 1.165) is 27.6 Å². The number of hydrogen-bond acceptors (Lipinski definition) is 2. The molecule has 0 aliphatic heterocycles. The van der Waals surface area contributed by atoms with Gasteiger partial charge in [-0.2, -0.15) is 0 Å². The quantitative estimate of drug-likeness (QED) is 0.645. The second kappa shape index (κ2) is 7.21. The molecule has 3 rings (SSSR count). The summed E-state index contributed by atoms with van der Waals surface area (Å²) in [6.45, 7) is 1.96. The van der Waals surface area contributed by atoms with E-state index in [-0.39, 0.29) is 18.7 Å². The molecule has 3 aromatic rings. The molecule has 5 nitrogen and oxygen atoms in total. The maximum Gasteiger partial charge on any atom is 0.305 e.